The fourth-order valence-electron chi connectivity index (χ4n) is 2.76. The van der Waals surface area contributed by atoms with Crippen LogP contribution in [0, 0.1) is 6.92 Å². The van der Waals surface area contributed by atoms with E-state index in [0.29, 0.717) is 33.5 Å². The van der Waals surface area contributed by atoms with Crippen molar-refractivity contribution >= 4 is 34.8 Å². The number of nitrogens with one attached hydrogen (secondary N) is 2. The van der Waals surface area contributed by atoms with Crippen LogP contribution in [0.4, 0.5) is 11.4 Å². The summed E-state index contributed by atoms with van der Waals surface area (Å²) in [6.45, 7) is 1.82. The molecule has 0 unspecified atom stereocenters. The molecule has 0 saturated heterocycles. The average Bonchev–Trinajstić information content (AvgIpc) is 2.73. The second kappa shape index (κ2) is 9.80. The molecule has 0 aliphatic rings. The van der Waals surface area contributed by atoms with Gasteiger partial charge in [-0.05, 0) is 48.9 Å². The van der Waals surface area contributed by atoms with E-state index in [-0.39, 0.29) is 18.4 Å². The molecule has 0 aliphatic heterocycles. The highest BCUT2D eigenvalue weighted by Gasteiger charge is 2.14. The number of carbonyl (C=O) groups is 2. The number of amides is 2. The molecule has 0 aromatic heterocycles. The molecule has 30 heavy (non-hydrogen) atoms. The first-order chi connectivity index (χ1) is 14.5. The monoisotopic (exact) mass is 424 g/mol. The third-order valence-corrected chi connectivity index (χ3v) is 4.54. The van der Waals surface area contributed by atoms with E-state index in [1.807, 2.05) is 25.1 Å². The van der Waals surface area contributed by atoms with Crippen molar-refractivity contribution in [2.24, 2.45) is 0 Å². The molecular formula is C23H21ClN2O4. The summed E-state index contributed by atoms with van der Waals surface area (Å²) in [5, 5.41) is 5.86. The van der Waals surface area contributed by atoms with Crippen LogP contribution in [-0.4, -0.2) is 25.5 Å². The number of halogens is 1. The summed E-state index contributed by atoms with van der Waals surface area (Å²) >= 11 is 6.07. The van der Waals surface area contributed by atoms with E-state index in [4.69, 9.17) is 21.1 Å². The molecule has 0 aliphatic carbocycles. The van der Waals surface area contributed by atoms with Gasteiger partial charge in [-0.25, -0.2) is 0 Å². The van der Waals surface area contributed by atoms with Crippen molar-refractivity contribution < 1.29 is 19.1 Å². The molecule has 3 aromatic carbocycles. The van der Waals surface area contributed by atoms with Crippen molar-refractivity contribution in [3.63, 3.8) is 0 Å². The standard InChI is InChI=1S/C23H21ClN2O4/c1-15-6-5-7-17(12-15)30-14-22(27)25-16-10-11-20(21(13-16)29-2)26-23(28)18-8-3-4-9-19(18)24/h3-13H,14H2,1-2H3,(H,25,27)(H,26,28). The summed E-state index contributed by atoms with van der Waals surface area (Å²) in [5.74, 6) is 0.349. The molecule has 0 atom stereocenters. The Morgan fingerprint density at radius 3 is 2.50 bits per heavy atom. The van der Waals surface area contributed by atoms with Crippen LogP contribution in [0.15, 0.2) is 66.7 Å². The highest BCUT2D eigenvalue weighted by atomic mass is 35.5. The smallest absolute Gasteiger partial charge is 0.262 e. The number of carbonyl (C=O) groups excluding carboxylic acids is 2. The summed E-state index contributed by atoms with van der Waals surface area (Å²) in [5.41, 5.74) is 2.37. The Morgan fingerprint density at radius 1 is 0.967 bits per heavy atom. The number of rotatable bonds is 7. The predicted octanol–water partition coefficient (Wildman–Crippen LogP) is 4.93. The predicted molar refractivity (Wildman–Crippen MR) is 118 cm³/mol. The second-order valence-electron chi connectivity index (χ2n) is 6.50. The van der Waals surface area contributed by atoms with Gasteiger partial charge in [-0.3, -0.25) is 9.59 Å². The van der Waals surface area contributed by atoms with Gasteiger partial charge in [0, 0.05) is 11.8 Å². The van der Waals surface area contributed by atoms with E-state index < -0.39 is 0 Å². The van der Waals surface area contributed by atoms with Gasteiger partial charge in [-0.15, -0.1) is 0 Å². The Hall–Kier alpha value is -3.51. The van der Waals surface area contributed by atoms with Gasteiger partial charge in [0.05, 0.1) is 23.4 Å². The first kappa shape index (κ1) is 21.2. The van der Waals surface area contributed by atoms with Gasteiger partial charge in [0.25, 0.3) is 11.8 Å². The lowest BCUT2D eigenvalue weighted by molar-refractivity contribution is -0.118. The first-order valence-electron chi connectivity index (χ1n) is 9.19. The van der Waals surface area contributed by atoms with Crippen LogP contribution in [0.5, 0.6) is 11.5 Å². The van der Waals surface area contributed by atoms with E-state index in [2.05, 4.69) is 10.6 Å². The van der Waals surface area contributed by atoms with Crippen LogP contribution >= 0.6 is 11.6 Å². The van der Waals surface area contributed by atoms with E-state index in [1.54, 1.807) is 48.5 Å². The van der Waals surface area contributed by atoms with Crippen LogP contribution in [-0.2, 0) is 4.79 Å². The third kappa shape index (κ3) is 5.52. The second-order valence-corrected chi connectivity index (χ2v) is 6.91. The molecule has 2 N–H and O–H groups in total. The Balaban J connectivity index is 1.64. The lowest BCUT2D eigenvalue weighted by atomic mass is 10.2. The number of ether oxygens (including phenoxy) is 2. The molecule has 3 rings (SSSR count). The first-order valence-corrected chi connectivity index (χ1v) is 9.57. The minimum atomic E-state index is -0.359. The molecule has 0 heterocycles. The number of hydrogen-bond donors (Lipinski definition) is 2. The molecule has 0 saturated carbocycles. The fourth-order valence-corrected chi connectivity index (χ4v) is 2.98. The maximum absolute atomic E-state index is 12.5. The molecule has 0 bridgehead atoms. The zero-order valence-corrected chi connectivity index (χ0v) is 17.3. The van der Waals surface area contributed by atoms with Gasteiger partial charge in [-0.2, -0.15) is 0 Å². The van der Waals surface area contributed by atoms with E-state index >= 15 is 0 Å². The Morgan fingerprint density at radius 2 is 1.77 bits per heavy atom. The van der Waals surface area contributed by atoms with Gasteiger partial charge in [-0.1, -0.05) is 35.9 Å². The summed E-state index contributed by atoms with van der Waals surface area (Å²) < 4.78 is 10.8. The lowest BCUT2D eigenvalue weighted by Crippen LogP contribution is -2.20. The molecule has 3 aromatic rings. The van der Waals surface area contributed by atoms with Gasteiger partial charge in [0.2, 0.25) is 0 Å². The van der Waals surface area contributed by atoms with Crippen LogP contribution in [0.2, 0.25) is 5.02 Å². The van der Waals surface area contributed by atoms with Gasteiger partial charge < -0.3 is 20.1 Å². The van der Waals surface area contributed by atoms with Crippen molar-refractivity contribution in [3.8, 4) is 11.5 Å². The number of hydrogen-bond acceptors (Lipinski definition) is 4. The quantitative estimate of drug-likeness (QED) is 0.564. The molecule has 0 spiro atoms. The van der Waals surface area contributed by atoms with Crippen LogP contribution in [0.3, 0.4) is 0 Å². The molecule has 0 radical (unpaired) electrons. The summed E-state index contributed by atoms with van der Waals surface area (Å²) in [7, 11) is 1.48. The fraction of sp³-hybridized carbons (Fsp3) is 0.130. The summed E-state index contributed by atoms with van der Waals surface area (Å²) in [6.07, 6.45) is 0. The van der Waals surface area contributed by atoms with Crippen LogP contribution < -0.4 is 20.1 Å². The molecule has 0 fully saturated rings. The minimum absolute atomic E-state index is 0.128. The zero-order chi connectivity index (χ0) is 21.5. The highest BCUT2D eigenvalue weighted by Crippen LogP contribution is 2.29. The highest BCUT2D eigenvalue weighted by molar-refractivity contribution is 6.34. The molecule has 7 heteroatoms. The van der Waals surface area contributed by atoms with Gasteiger partial charge >= 0.3 is 0 Å². The van der Waals surface area contributed by atoms with Gasteiger partial charge in [0.1, 0.15) is 11.5 Å². The van der Waals surface area contributed by atoms with Crippen molar-refractivity contribution in [2.45, 2.75) is 6.92 Å². The van der Waals surface area contributed by atoms with Crippen molar-refractivity contribution in [3.05, 3.63) is 82.9 Å². The van der Waals surface area contributed by atoms with E-state index in [1.165, 1.54) is 7.11 Å². The lowest BCUT2D eigenvalue weighted by Gasteiger charge is -2.13. The van der Waals surface area contributed by atoms with Gasteiger partial charge in [0.15, 0.2) is 6.61 Å². The SMILES string of the molecule is COc1cc(NC(=O)COc2cccc(C)c2)ccc1NC(=O)c1ccccc1Cl. The largest absolute Gasteiger partial charge is 0.494 e. The Labute approximate surface area is 179 Å². The average molecular weight is 425 g/mol. The van der Waals surface area contributed by atoms with Crippen molar-refractivity contribution in [1.29, 1.82) is 0 Å². The van der Waals surface area contributed by atoms with E-state index in [9.17, 15) is 9.59 Å². The Kier molecular flexibility index (Phi) is 6.93. The minimum Gasteiger partial charge on any atom is -0.494 e. The molecule has 6 nitrogen and oxygen atoms in total. The van der Waals surface area contributed by atoms with Crippen LogP contribution in [0.1, 0.15) is 15.9 Å². The molecular weight excluding hydrogens is 404 g/mol. The van der Waals surface area contributed by atoms with Crippen molar-refractivity contribution in [2.75, 3.05) is 24.4 Å². The van der Waals surface area contributed by atoms with Crippen LogP contribution in [0.25, 0.3) is 0 Å². The molecule has 2 amide bonds. The number of benzene rings is 3. The zero-order valence-electron chi connectivity index (χ0n) is 16.6. The number of anilines is 2. The summed E-state index contributed by atoms with van der Waals surface area (Å²) in [4.78, 5) is 24.7. The maximum atomic E-state index is 12.5. The van der Waals surface area contributed by atoms with Crippen molar-refractivity contribution in [1.82, 2.24) is 0 Å². The Bertz CT molecular complexity index is 1070. The topological polar surface area (TPSA) is 76.7 Å². The van der Waals surface area contributed by atoms with E-state index in [0.717, 1.165) is 5.56 Å². The molecule has 154 valence electrons. The maximum Gasteiger partial charge on any atom is 0.262 e. The normalized spacial score (nSPS) is 10.2. The third-order valence-electron chi connectivity index (χ3n) is 4.21. The number of aryl methyl sites for hydroxylation is 1. The summed E-state index contributed by atoms with van der Waals surface area (Å²) in [6, 6.07) is 19.1. The number of methoxy groups -OCH3 is 1.